The van der Waals surface area contributed by atoms with Gasteiger partial charge in [-0.05, 0) is 122 Å². The molecule has 11 rings (SSSR count). The Morgan fingerprint density at radius 1 is 0.397 bits per heavy atom. The van der Waals surface area contributed by atoms with Crippen LogP contribution in [0.4, 0.5) is 17.1 Å². The average Bonchev–Trinajstić information content (AvgIpc) is 3.80. The summed E-state index contributed by atoms with van der Waals surface area (Å²) >= 11 is 0. The lowest BCUT2D eigenvalue weighted by Gasteiger charge is -2.25. The van der Waals surface area contributed by atoms with E-state index in [0.29, 0.717) is 0 Å². The molecule has 1 aliphatic carbocycles. The maximum absolute atomic E-state index is 2.48. The topological polar surface area (TPSA) is 8.17 Å². The highest BCUT2D eigenvalue weighted by molar-refractivity contribution is 6.08. The van der Waals surface area contributed by atoms with Gasteiger partial charge in [-0.2, -0.15) is 0 Å². The second-order valence-corrected chi connectivity index (χ2v) is 17.0. The standard InChI is InChI=1S/C61H46N2/c1-61(2)56-40-48(45-34-30-43(31-35-45)28-29-44-32-37-52(38-33-44)62(49-22-12-5-13-23-49)50-24-14-6-15-25-50)36-39-53(56)54-41-55-58(42-57(54)61)63(51-26-16-7-17-27-51)60(47-20-10-4-11-21-47)59(55)46-18-8-3-9-19-46/h3-42H,1-2H3/b29-28+. The fourth-order valence-corrected chi connectivity index (χ4v) is 9.62. The van der Waals surface area contributed by atoms with E-state index in [4.69, 9.17) is 0 Å². The molecule has 0 bridgehead atoms. The molecule has 1 heterocycles. The van der Waals surface area contributed by atoms with Crippen molar-refractivity contribution in [1.82, 2.24) is 4.57 Å². The molecule has 1 aliphatic rings. The molecule has 0 saturated carbocycles. The SMILES string of the molecule is CC1(C)c2cc(-c3ccc(/C=C/c4ccc(N(c5ccccc5)c5ccccc5)cc4)cc3)ccc2-c2cc3c(-c4ccccc4)c(-c4ccccc4)n(-c4ccccc4)c3cc21. The third-order valence-corrected chi connectivity index (χ3v) is 12.8. The first-order chi connectivity index (χ1) is 31.0. The van der Waals surface area contributed by atoms with Crippen molar-refractivity contribution in [2.75, 3.05) is 4.90 Å². The minimum Gasteiger partial charge on any atom is -0.311 e. The molecule has 0 spiro atoms. The van der Waals surface area contributed by atoms with Crippen molar-refractivity contribution in [3.63, 3.8) is 0 Å². The van der Waals surface area contributed by atoms with Crippen LogP contribution in [0.5, 0.6) is 0 Å². The summed E-state index contributed by atoms with van der Waals surface area (Å²) in [4.78, 5) is 2.29. The van der Waals surface area contributed by atoms with Crippen LogP contribution in [-0.4, -0.2) is 4.57 Å². The van der Waals surface area contributed by atoms with Crippen LogP contribution in [0.3, 0.4) is 0 Å². The first kappa shape index (κ1) is 38.0. The van der Waals surface area contributed by atoms with E-state index >= 15 is 0 Å². The summed E-state index contributed by atoms with van der Waals surface area (Å²) in [5, 5.41) is 1.26. The van der Waals surface area contributed by atoms with Gasteiger partial charge in [0.2, 0.25) is 0 Å². The minimum atomic E-state index is -0.197. The molecule has 0 amide bonds. The molecule has 10 aromatic rings. The van der Waals surface area contributed by atoms with Crippen LogP contribution < -0.4 is 4.90 Å². The van der Waals surface area contributed by atoms with Crippen LogP contribution >= 0.6 is 0 Å². The fourth-order valence-electron chi connectivity index (χ4n) is 9.62. The summed E-state index contributed by atoms with van der Waals surface area (Å²) in [6, 6.07) is 83.5. The number of aromatic nitrogens is 1. The molecular formula is C61H46N2. The quantitative estimate of drug-likeness (QED) is 0.132. The number of benzene rings is 9. The van der Waals surface area contributed by atoms with Gasteiger partial charge in [-0.15, -0.1) is 0 Å². The molecule has 0 N–H and O–H groups in total. The third-order valence-electron chi connectivity index (χ3n) is 12.8. The number of hydrogen-bond donors (Lipinski definition) is 0. The largest absolute Gasteiger partial charge is 0.311 e. The number of fused-ring (bicyclic) bond motifs is 4. The molecule has 2 nitrogen and oxygen atoms in total. The molecule has 0 saturated heterocycles. The van der Waals surface area contributed by atoms with E-state index in [2.05, 4.69) is 266 Å². The Kier molecular flexibility index (Phi) is 9.55. The van der Waals surface area contributed by atoms with Crippen molar-refractivity contribution in [3.8, 4) is 50.3 Å². The molecule has 0 unspecified atom stereocenters. The number of anilines is 3. The summed E-state index contributed by atoms with van der Waals surface area (Å²) in [5.74, 6) is 0. The van der Waals surface area contributed by atoms with Gasteiger partial charge in [0.05, 0.1) is 11.2 Å². The minimum absolute atomic E-state index is 0.197. The van der Waals surface area contributed by atoms with E-state index in [0.717, 1.165) is 28.3 Å². The van der Waals surface area contributed by atoms with Gasteiger partial charge in [0.1, 0.15) is 0 Å². The molecule has 0 atom stereocenters. The van der Waals surface area contributed by atoms with Crippen molar-refractivity contribution >= 4 is 40.1 Å². The maximum Gasteiger partial charge on any atom is 0.0619 e. The molecule has 0 fully saturated rings. The Balaban J connectivity index is 0.919. The highest BCUT2D eigenvalue weighted by Crippen LogP contribution is 2.53. The number of hydrogen-bond acceptors (Lipinski definition) is 1. The predicted octanol–water partition coefficient (Wildman–Crippen LogP) is 16.6. The van der Waals surface area contributed by atoms with Gasteiger partial charge < -0.3 is 9.47 Å². The number of para-hydroxylation sites is 3. The third kappa shape index (κ3) is 6.87. The zero-order chi connectivity index (χ0) is 42.3. The van der Waals surface area contributed by atoms with Crippen LogP contribution in [0.25, 0.3) is 73.4 Å². The molecular weight excluding hydrogens is 761 g/mol. The Bertz CT molecular complexity index is 3200. The summed E-state index contributed by atoms with van der Waals surface area (Å²) < 4.78 is 2.48. The van der Waals surface area contributed by atoms with Crippen molar-refractivity contribution < 1.29 is 0 Å². The highest BCUT2D eigenvalue weighted by Gasteiger charge is 2.37. The first-order valence-electron chi connectivity index (χ1n) is 21.8. The van der Waals surface area contributed by atoms with E-state index in [1.165, 1.54) is 72.2 Å². The van der Waals surface area contributed by atoms with Crippen LogP contribution in [0, 0.1) is 0 Å². The van der Waals surface area contributed by atoms with Crippen molar-refractivity contribution in [2.24, 2.45) is 0 Å². The lowest BCUT2D eigenvalue weighted by Crippen LogP contribution is -2.15. The Morgan fingerprint density at radius 3 is 1.46 bits per heavy atom. The lowest BCUT2D eigenvalue weighted by molar-refractivity contribution is 0.661. The zero-order valence-corrected chi connectivity index (χ0v) is 35.5. The van der Waals surface area contributed by atoms with Gasteiger partial charge in [-0.1, -0.05) is 190 Å². The van der Waals surface area contributed by atoms with E-state index in [9.17, 15) is 0 Å². The normalized spacial score (nSPS) is 12.7. The highest BCUT2D eigenvalue weighted by atomic mass is 15.1. The summed E-state index contributed by atoms with van der Waals surface area (Å²) in [5.41, 5.74) is 20.6. The Morgan fingerprint density at radius 2 is 0.873 bits per heavy atom. The smallest absolute Gasteiger partial charge is 0.0619 e. The molecule has 0 radical (unpaired) electrons. The number of nitrogens with zero attached hydrogens (tertiary/aromatic N) is 2. The van der Waals surface area contributed by atoms with Crippen LogP contribution in [0.15, 0.2) is 231 Å². The van der Waals surface area contributed by atoms with Gasteiger partial charge in [-0.3, -0.25) is 0 Å². The van der Waals surface area contributed by atoms with Crippen LogP contribution in [0.1, 0.15) is 36.1 Å². The second kappa shape index (κ2) is 15.8. The van der Waals surface area contributed by atoms with Crippen LogP contribution in [-0.2, 0) is 5.41 Å². The lowest BCUT2D eigenvalue weighted by atomic mass is 9.81. The monoisotopic (exact) mass is 806 g/mol. The summed E-state index contributed by atoms with van der Waals surface area (Å²) in [6.07, 6.45) is 4.40. The van der Waals surface area contributed by atoms with Gasteiger partial charge in [0.15, 0.2) is 0 Å². The molecule has 9 aromatic carbocycles. The van der Waals surface area contributed by atoms with Crippen molar-refractivity contribution in [3.05, 3.63) is 253 Å². The molecule has 2 heteroatoms. The maximum atomic E-state index is 2.48. The van der Waals surface area contributed by atoms with Gasteiger partial charge in [0, 0.05) is 39.1 Å². The summed E-state index contributed by atoms with van der Waals surface area (Å²) in [7, 11) is 0. The average molecular weight is 807 g/mol. The Hall–Kier alpha value is -7.94. The van der Waals surface area contributed by atoms with E-state index in [-0.39, 0.29) is 5.41 Å². The zero-order valence-electron chi connectivity index (χ0n) is 35.5. The van der Waals surface area contributed by atoms with E-state index in [1.54, 1.807) is 0 Å². The van der Waals surface area contributed by atoms with Gasteiger partial charge in [0.25, 0.3) is 0 Å². The molecule has 63 heavy (non-hydrogen) atoms. The van der Waals surface area contributed by atoms with E-state index < -0.39 is 0 Å². The van der Waals surface area contributed by atoms with Gasteiger partial charge in [-0.25, -0.2) is 0 Å². The van der Waals surface area contributed by atoms with Crippen molar-refractivity contribution in [2.45, 2.75) is 19.3 Å². The predicted molar refractivity (Wildman–Crippen MR) is 267 cm³/mol. The van der Waals surface area contributed by atoms with Gasteiger partial charge >= 0.3 is 0 Å². The Labute approximate surface area is 370 Å². The molecule has 300 valence electrons. The number of rotatable bonds is 9. The van der Waals surface area contributed by atoms with E-state index in [1.807, 2.05) is 0 Å². The molecule has 0 aliphatic heterocycles. The van der Waals surface area contributed by atoms with Crippen molar-refractivity contribution in [1.29, 1.82) is 0 Å². The van der Waals surface area contributed by atoms with Crippen LogP contribution in [0.2, 0.25) is 0 Å². The first-order valence-corrected chi connectivity index (χ1v) is 21.8. The summed E-state index contributed by atoms with van der Waals surface area (Å²) in [6.45, 7) is 4.78. The molecule has 1 aromatic heterocycles. The second-order valence-electron chi connectivity index (χ2n) is 17.0. The fraction of sp³-hybridized carbons (Fsp3) is 0.0492.